The second-order valence-electron chi connectivity index (χ2n) is 11.1. The second kappa shape index (κ2) is 13.2. The average molecular weight is 594 g/mol. The highest BCUT2D eigenvalue weighted by atomic mass is 19.1. The van der Waals surface area contributed by atoms with E-state index in [9.17, 15) is 9.18 Å². The molecule has 5 aromatic rings. The average Bonchev–Trinajstić information content (AvgIpc) is 3.50. The van der Waals surface area contributed by atoms with Crippen LogP contribution in [0.1, 0.15) is 30.2 Å². The minimum atomic E-state index is -0.772. The number of nitrogens with zero attached hydrogens (tertiary/aromatic N) is 3. The molecule has 3 heterocycles. The van der Waals surface area contributed by atoms with Gasteiger partial charge in [0.05, 0.1) is 36.7 Å². The van der Waals surface area contributed by atoms with Crippen LogP contribution in [0, 0.1) is 11.2 Å². The summed E-state index contributed by atoms with van der Waals surface area (Å²) < 4.78 is 31.8. The van der Waals surface area contributed by atoms with Crippen molar-refractivity contribution in [2.24, 2.45) is 5.41 Å². The van der Waals surface area contributed by atoms with Gasteiger partial charge >= 0.3 is 6.01 Å². The number of hydrogen-bond donors (Lipinski definition) is 2. The molecular weight excluding hydrogens is 561 g/mol. The lowest BCUT2D eigenvalue weighted by Gasteiger charge is -2.36. The fourth-order valence-electron chi connectivity index (χ4n) is 4.84. The van der Waals surface area contributed by atoms with Gasteiger partial charge in [-0.25, -0.2) is 14.4 Å². The van der Waals surface area contributed by atoms with Crippen molar-refractivity contribution in [3.05, 3.63) is 120 Å². The molecule has 3 aromatic carbocycles. The van der Waals surface area contributed by atoms with E-state index in [1.54, 1.807) is 24.4 Å². The van der Waals surface area contributed by atoms with Gasteiger partial charge in [0.2, 0.25) is 12.2 Å². The standard InChI is InChI=1S/C34H32FN5O4/c1-34(20-37-28(41)18-23-8-4-2-5-9-23)21-43-32(44-22-34)31-39-29(25-12-14-26(35)15-13-25)30(40-31)27-16-17-36-33(38-27)42-19-24-10-6-3-7-11-24/h2-17,32H,18-22H2,1H3,(H,37,41)(H,39,40). The van der Waals surface area contributed by atoms with E-state index in [2.05, 4.69) is 20.3 Å². The van der Waals surface area contributed by atoms with Gasteiger partial charge in [0.1, 0.15) is 12.4 Å². The number of hydrogen-bond acceptors (Lipinski definition) is 7. The predicted molar refractivity (Wildman–Crippen MR) is 162 cm³/mol. The molecule has 2 N–H and O–H groups in total. The van der Waals surface area contributed by atoms with E-state index in [-0.39, 0.29) is 17.7 Å². The van der Waals surface area contributed by atoms with Crippen LogP contribution in [0.3, 0.4) is 0 Å². The minimum Gasteiger partial charge on any atom is -0.459 e. The Balaban J connectivity index is 1.17. The fourth-order valence-corrected chi connectivity index (χ4v) is 4.84. The SMILES string of the molecule is CC1(CNC(=O)Cc2ccccc2)COC(c2nc(-c3ccc(F)cc3)c(-c3ccnc(OCc4ccccc4)n3)[nH]2)OC1. The highest BCUT2D eigenvalue weighted by Gasteiger charge is 2.35. The van der Waals surface area contributed by atoms with E-state index in [1.807, 2.05) is 67.6 Å². The zero-order chi connectivity index (χ0) is 30.4. The van der Waals surface area contributed by atoms with Crippen molar-refractivity contribution in [1.82, 2.24) is 25.3 Å². The lowest BCUT2D eigenvalue weighted by atomic mass is 9.92. The molecule has 224 valence electrons. The molecule has 1 fully saturated rings. The van der Waals surface area contributed by atoms with Gasteiger partial charge in [0, 0.05) is 23.7 Å². The van der Waals surface area contributed by atoms with Crippen molar-refractivity contribution in [2.75, 3.05) is 19.8 Å². The molecule has 0 spiro atoms. The van der Waals surface area contributed by atoms with Crippen molar-refractivity contribution in [3.63, 3.8) is 0 Å². The van der Waals surface area contributed by atoms with Crippen LogP contribution in [0.5, 0.6) is 6.01 Å². The summed E-state index contributed by atoms with van der Waals surface area (Å²) in [6, 6.07) is 27.4. The molecule has 1 aliphatic rings. The lowest BCUT2D eigenvalue weighted by molar-refractivity contribution is -0.232. The van der Waals surface area contributed by atoms with Crippen LogP contribution in [0.4, 0.5) is 4.39 Å². The monoisotopic (exact) mass is 593 g/mol. The van der Waals surface area contributed by atoms with Gasteiger partial charge in [0.25, 0.3) is 0 Å². The molecule has 0 radical (unpaired) electrons. The molecule has 1 aliphatic heterocycles. The van der Waals surface area contributed by atoms with Gasteiger partial charge in [-0.05, 0) is 41.5 Å². The summed E-state index contributed by atoms with van der Waals surface area (Å²) in [7, 11) is 0. The number of amides is 1. The first-order chi connectivity index (χ1) is 21.4. The summed E-state index contributed by atoms with van der Waals surface area (Å²) >= 11 is 0. The lowest BCUT2D eigenvalue weighted by Crippen LogP contribution is -2.45. The molecule has 2 aromatic heterocycles. The Morgan fingerprint density at radius 2 is 1.64 bits per heavy atom. The molecule has 6 rings (SSSR count). The van der Waals surface area contributed by atoms with Crippen LogP contribution in [0.25, 0.3) is 22.6 Å². The number of ether oxygens (including phenoxy) is 3. The highest BCUT2D eigenvalue weighted by Crippen LogP contribution is 2.35. The van der Waals surface area contributed by atoms with Crippen LogP contribution in [-0.2, 0) is 27.3 Å². The fraction of sp³-hybridized carbons (Fsp3) is 0.235. The third-order valence-corrected chi connectivity index (χ3v) is 7.25. The van der Waals surface area contributed by atoms with Gasteiger partial charge < -0.3 is 24.5 Å². The minimum absolute atomic E-state index is 0.0591. The third kappa shape index (κ3) is 7.16. The molecule has 9 nitrogen and oxygen atoms in total. The van der Waals surface area contributed by atoms with Crippen LogP contribution in [0.2, 0.25) is 0 Å². The number of halogens is 1. The van der Waals surface area contributed by atoms with E-state index in [4.69, 9.17) is 19.2 Å². The first-order valence-electron chi connectivity index (χ1n) is 14.3. The van der Waals surface area contributed by atoms with Gasteiger partial charge in [-0.3, -0.25) is 4.79 Å². The quantitative estimate of drug-likeness (QED) is 0.215. The highest BCUT2D eigenvalue weighted by molar-refractivity contribution is 5.78. The molecular formula is C34H32FN5O4. The Morgan fingerprint density at radius 3 is 2.34 bits per heavy atom. The first-order valence-corrected chi connectivity index (χ1v) is 14.3. The summed E-state index contributed by atoms with van der Waals surface area (Å²) in [6.45, 7) is 3.41. The first kappa shape index (κ1) is 29.2. The Morgan fingerprint density at radius 1 is 0.955 bits per heavy atom. The molecule has 1 amide bonds. The maximum absolute atomic E-state index is 13.8. The molecule has 0 aliphatic carbocycles. The number of H-pyrrole nitrogens is 1. The molecule has 0 saturated carbocycles. The summed E-state index contributed by atoms with van der Waals surface area (Å²) in [5, 5.41) is 3.00. The number of carbonyl (C=O) groups is 1. The zero-order valence-corrected chi connectivity index (χ0v) is 24.2. The van der Waals surface area contributed by atoms with Crippen molar-refractivity contribution in [3.8, 4) is 28.7 Å². The van der Waals surface area contributed by atoms with Gasteiger partial charge in [0.15, 0.2) is 5.82 Å². The molecule has 0 bridgehead atoms. The Kier molecular flexibility index (Phi) is 8.71. The Labute approximate surface area is 254 Å². The van der Waals surface area contributed by atoms with E-state index in [0.717, 1.165) is 11.1 Å². The van der Waals surface area contributed by atoms with Gasteiger partial charge in [-0.2, -0.15) is 4.98 Å². The summed E-state index contributed by atoms with van der Waals surface area (Å²) in [5.41, 5.74) is 3.91. The number of imidazole rings is 1. The van der Waals surface area contributed by atoms with E-state index < -0.39 is 11.7 Å². The van der Waals surface area contributed by atoms with Crippen molar-refractivity contribution >= 4 is 5.91 Å². The number of rotatable bonds is 10. The Hall–Kier alpha value is -4.93. The van der Waals surface area contributed by atoms with Gasteiger partial charge in [-0.15, -0.1) is 0 Å². The van der Waals surface area contributed by atoms with Crippen LogP contribution < -0.4 is 10.1 Å². The summed E-state index contributed by atoms with van der Waals surface area (Å²) in [5.74, 6) is 0.0368. The topological polar surface area (TPSA) is 111 Å². The van der Waals surface area contributed by atoms with Crippen LogP contribution >= 0.6 is 0 Å². The maximum Gasteiger partial charge on any atom is 0.317 e. The smallest absolute Gasteiger partial charge is 0.317 e. The molecule has 44 heavy (non-hydrogen) atoms. The van der Waals surface area contributed by atoms with Crippen LogP contribution in [-0.4, -0.2) is 45.6 Å². The maximum atomic E-state index is 13.8. The van der Waals surface area contributed by atoms with Crippen LogP contribution in [0.15, 0.2) is 97.2 Å². The molecule has 1 saturated heterocycles. The summed E-state index contributed by atoms with van der Waals surface area (Å²) in [4.78, 5) is 29.5. The van der Waals surface area contributed by atoms with Gasteiger partial charge in [-0.1, -0.05) is 67.6 Å². The largest absolute Gasteiger partial charge is 0.459 e. The van der Waals surface area contributed by atoms with Crippen molar-refractivity contribution < 1.29 is 23.4 Å². The zero-order valence-electron chi connectivity index (χ0n) is 24.2. The number of aromatic amines is 1. The van der Waals surface area contributed by atoms with Crippen molar-refractivity contribution in [2.45, 2.75) is 26.2 Å². The number of nitrogens with one attached hydrogen (secondary N) is 2. The molecule has 0 atom stereocenters. The third-order valence-electron chi connectivity index (χ3n) is 7.25. The second-order valence-corrected chi connectivity index (χ2v) is 11.1. The number of benzene rings is 3. The predicted octanol–water partition coefficient (Wildman–Crippen LogP) is 5.66. The molecule has 10 heteroatoms. The van der Waals surface area contributed by atoms with Crippen molar-refractivity contribution in [1.29, 1.82) is 0 Å². The van der Waals surface area contributed by atoms with E-state index >= 15 is 0 Å². The Bertz CT molecular complexity index is 1690. The normalized spacial score (nSPS) is 18.1. The molecule has 0 unspecified atom stereocenters. The number of aromatic nitrogens is 4. The number of carbonyl (C=O) groups excluding carboxylic acids is 1. The van der Waals surface area contributed by atoms with E-state index in [1.165, 1.54) is 12.1 Å². The summed E-state index contributed by atoms with van der Waals surface area (Å²) in [6.07, 6.45) is 1.15. The van der Waals surface area contributed by atoms with E-state index in [0.29, 0.717) is 61.3 Å².